The summed E-state index contributed by atoms with van der Waals surface area (Å²) in [6.07, 6.45) is 4.55. The molecule has 8 heteroatoms. The van der Waals surface area contributed by atoms with E-state index in [2.05, 4.69) is 4.98 Å². The van der Waals surface area contributed by atoms with Gasteiger partial charge in [0, 0.05) is 39.1 Å². The monoisotopic (exact) mass is 534 g/mol. The average molecular weight is 535 g/mol. The van der Waals surface area contributed by atoms with Crippen LogP contribution in [0.1, 0.15) is 37.5 Å². The van der Waals surface area contributed by atoms with Crippen LogP contribution in [0.3, 0.4) is 0 Å². The molecular weight excluding hydrogens is 500 g/mol. The molecular formula is C30H35ClN4O3. The summed E-state index contributed by atoms with van der Waals surface area (Å²) < 4.78 is 0. The highest BCUT2D eigenvalue weighted by Crippen LogP contribution is 2.39. The number of nitrogens with zero attached hydrogens (tertiary/aromatic N) is 4. The van der Waals surface area contributed by atoms with Gasteiger partial charge in [0.1, 0.15) is 5.41 Å². The molecule has 2 aromatic carbocycles. The molecule has 1 aliphatic heterocycles. The maximum Gasteiger partial charge on any atom is 0.242 e. The summed E-state index contributed by atoms with van der Waals surface area (Å²) in [5.74, 6) is -0.434. The van der Waals surface area contributed by atoms with Crippen LogP contribution in [0.15, 0.2) is 73.1 Å². The average Bonchev–Trinajstić information content (AvgIpc) is 2.96. The number of carbonyl (C=O) groups excluding carboxylic acids is 3. The molecule has 4 rings (SSSR count). The number of rotatable bonds is 8. The third kappa shape index (κ3) is 6.05. The molecule has 0 spiro atoms. The second kappa shape index (κ2) is 12.2. The van der Waals surface area contributed by atoms with Crippen molar-refractivity contribution in [3.8, 4) is 0 Å². The van der Waals surface area contributed by atoms with Crippen LogP contribution < -0.4 is 9.80 Å². The van der Waals surface area contributed by atoms with E-state index in [1.807, 2.05) is 78.7 Å². The minimum absolute atomic E-state index is 0. The molecule has 7 nitrogen and oxygen atoms in total. The van der Waals surface area contributed by atoms with Gasteiger partial charge in [0.25, 0.3) is 0 Å². The molecule has 1 aliphatic rings. The summed E-state index contributed by atoms with van der Waals surface area (Å²) in [5.41, 5.74) is 3.14. The van der Waals surface area contributed by atoms with Crippen molar-refractivity contribution >= 4 is 41.5 Å². The van der Waals surface area contributed by atoms with Crippen molar-refractivity contribution in [1.29, 1.82) is 0 Å². The third-order valence-corrected chi connectivity index (χ3v) is 6.94. The number of pyridine rings is 1. The van der Waals surface area contributed by atoms with Gasteiger partial charge in [-0.25, -0.2) is 0 Å². The van der Waals surface area contributed by atoms with E-state index in [9.17, 15) is 14.4 Å². The molecule has 0 saturated carbocycles. The Labute approximate surface area is 230 Å². The van der Waals surface area contributed by atoms with Gasteiger partial charge in [-0.05, 0) is 62.1 Å². The Bertz CT molecular complexity index is 1280. The van der Waals surface area contributed by atoms with Gasteiger partial charge in [-0.3, -0.25) is 19.4 Å². The Morgan fingerprint density at radius 3 is 2.29 bits per heavy atom. The topological polar surface area (TPSA) is 73.8 Å². The van der Waals surface area contributed by atoms with Crippen molar-refractivity contribution in [2.45, 2.75) is 40.2 Å². The fraction of sp³-hybridized carbons (Fsp3) is 0.333. The lowest BCUT2D eigenvalue weighted by molar-refractivity contribution is -0.137. The molecule has 0 unspecified atom stereocenters. The number of amides is 3. The van der Waals surface area contributed by atoms with Gasteiger partial charge in [0.2, 0.25) is 17.7 Å². The minimum Gasteiger partial charge on any atom is -0.338 e. The first-order valence-corrected chi connectivity index (χ1v) is 12.7. The summed E-state index contributed by atoms with van der Waals surface area (Å²) >= 11 is 0. The first-order valence-electron chi connectivity index (χ1n) is 12.7. The summed E-state index contributed by atoms with van der Waals surface area (Å²) in [5, 5.41) is 0. The number of hydrogen-bond donors (Lipinski definition) is 0. The molecule has 3 amide bonds. The van der Waals surface area contributed by atoms with Crippen LogP contribution >= 0.6 is 12.4 Å². The molecule has 2 heterocycles. The fourth-order valence-electron chi connectivity index (χ4n) is 4.75. The highest BCUT2D eigenvalue weighted by molar-refractivity contribution is 6.19. The normalized spacial score (nSPS) is 14.4. The SMILES string of the molecule is CCN1C(=O)C(C)(C)C(=O)N(C)c2cc(CN(CCc3cccnc3)C(=O)Cc3ccccc3)ccc21.Cl. The van der Waals surface area contributed by atoms with E-state index in [4.69, 9.17) is 0 Å². The number of benzene rings is 2. The molecule has 3 aromatic rings. The zero-order valence-electron chi connectivity index (χ0n) is 22.4. The van der Waals surface area contributed by atoms with Gasteiger partial charge in [0.05, 0.1) is 17.8 Å². The number of halogens is 1. The van der Waals surface area contributed by atoms with Gasteiger partial charge in [0.15, 0.2) is 0 Å². The van der Waals surface area contributed by atoms with Crippen LogP contribution in [0.5, 0.6) is 0 Å². The highest BCUT2D eigenvalue weighted by Gasteiger charge is 2.45. The predicted octanol–water partition coefficient (Wildman–Crippen LogP) is 4.67. The molecule has 0 fully saturated rings. The molecule has 200 valence electrons. The number of hydrogen-bond acceptors (Lipinski definition) is 4. The zero-order valence-corrected chi connectivity index (χ0v) is 23.2. The van der Waals surface area contributed by atoms with Crippen LogP contribution in [0, 0.1) is 5.41 Å². The van der Waals surface area contributed by atoms with Crippen molar-refractivity contribution in [1.82, 2.24) is 9.88 Å². The summed E-state index contributed by atoms with van der Waals surface area (Å²) in [7, 11) is 1.71. The smallest absolute Gasteiger partial charge is 0.242 e. The van der Waals surface area contributed by atoms with E-state index in [-0.39, 0.29) is 30.1 Å². The summed E-state index contributed by atoms with van der Waals surface area (Å²) in [6.45, 7) is 6.64. The van der Waals surface area contributed by atoms with E-state index < -0.39 is 5.41 Å². The number of fused-ring (bicyclic) bond motifs is 1. The molecule has 0 aliphatic carbocycles. The van der Waals surface area contributed by atoms with Crippen molar-refractivity contribution in [2.24, 2.45) is 5.41 Å². The fourth-order valence-corrected chi connectivity index (χ4v) is 4.75. The van der Waals surface area contributed by atoms with Gasteiger partial charge in [-0.15, -0.1) is 12.4 Å². The lowest BCUT2D eigenvalue weighted by Gasteiger charge is -2.27. The molecule has 0 radical (unpaired) electrons. The molecule has 1 aromatic heterocycles. The Morgan fingerprint density at radius 2 is 1.63 bits per heavy atom. The molecule has 0 bridgehead atoms. The first-order chi connectivity index (χ1) is 17.7. The quantitative estimate of drug-likeness (QED) is 0.394. The van der Waals surface area contributed by atoms with Crippen molar-refractivity contribution < 1.29 is 14.4 Å². The van der Waals surface area contributed by atoms with E-state index in [1.54, 1.807) is 36.9 Å². The predicted molar refractivity (Wildman–Crippen MR) is 152 cm³/mol. The van der Waals surface area contributed by atoms with E-state index in [0.717, 1.165) is 16.7 Å². The third-order valence-electron chi connectivity index (χ3n) is 6.94. The number of carbonyl (C=O) groups is 3. The Morgan fingerprint density at radius 1 is 0.921 bits per heavy atom. The molecule has 38 heavy (non-hydrogen) atoms. The maximum absolute atomic E-state index is 13.4. The second-order valence-electron chi connectivity index (χ2n) is 9.95. The van der Waals surface area contributed by atoms with Crippen molar-refractivity contribution in [2.75, 3.05) is 29.9 Å². The largest absolute Gasteiger partial charge is 0.338 e. The highest BCUT2D eigenvalue weighted by atomic mass is 35.5. The van der Waals surface area contributed by atoms with Crippen molar-refractivity contribution in [3.63, 3.8) is 0 Å². The van der Waals surface area contributed by atoms with Gasteiger partial charge in [-0.1, -0.05) is 42.5 Å². The van der Waals surface area contributed by atoms with Crippen molar-refractivity contribution in [3.05, 3.63) is 89.7 Å². The van der Waals surface area contributed by atoms with E-state index in [0.29, 0.717) is 43.9 Å². The minimum atomic E-state index is -1.16. The van der Waals surface area contributed by atoms with Gasteiger partial charge < -0.3 is 14.7 Å². The Kier molecular flexibility index (Phi) is 9.28. The maximum atomic E-state index is 13.4. The summed E-state index contributed by atoms with van der Waals surface area (Å²) in [4.78, 5) is 49.1. The lowest BCUT2D eigenvalue weighted by Crippen LogP contribution is -2.47. The van der Waals surface area contributed by atoms with Crippen LogP contribution in [-0.4, -0.2) is 47.7 Å². The lowest BCUT2D eigenvalue weighted by atomic mass is 9.90. The molecule has 0 saturated heterocycles. The van der Waals surface area contributed by atoms with E-state index >= 15 is 0 Å². The summed E-state index contributed by atoms with van der Waals surface area (Å²) in [6, 6.07) is 19.4. The first kappa shape index (κ1) is 28.9. The number of aromatic nitrogens is 1. The Hall–Kier alpha value is -3.71. The van der Waals surface area contributed by atoms with Crippen LogP contribution in [0.2, 0.25) is 0 Å². The standard InChI is InChI=1S/C30H34N4O3.ClH/c1-5-34-25-14-13-24(18-26(25)32(4)28(36)30(2,3)29(34)37)21-33(17-15-23-12-9-16-31-20-23)27(35)19-22-10-7-6-8-11-22;/h6-14,16,18,20H,5,15,17,19,21H2,1-4H3;1H. The van der Waals surface area contributed by atoms with Crippen LogP contribution in [0.4, 0.5) is 11.4 Å². The Balaban J connectivity index is 0.00000400. The molecule has 0 N–H and O–H groups in total. The zero-order chi connectivity index (χ0) is 26.6. The molecule has 0 atom stereocenters. The van der Waals surface area contributed by atoms with E-state index in [1.165, 1.54) is 0 Å². The number of anilines is 2. The van der Waals surface area contributed by atoms with Crippen LogP contribution in [0.25, 0.3) is 0 Å². The van der Waals surface area contributed by atoms with Gasteiger partial charge in [-0.2, -0.15) is 0 Å². The van der Waals surface area contributed by atoms with Crippen LogP contribution in [-0.2, 0) is 33.8 Å². The second-order valence-corrected chi connectivity index (χ2v) is 9.95. The van der Waals surface area contributed by atoms with Gasteiger partial charge >= 0.3 is 0 Å².